The van der Waals surface area contributed by atoms with Crippen molar-refractivity contribution in [3.05, 3.63) is 70.8 Å². The highest BCUT2D eigenvalue weighted by Crippen LogP contribution is 2.30. The number of rotatable bonds is 6. The van der Waals surface area contributed by atoms with Crippen LogP contribution in [0.2, 0.25) is 0 Å². The molecule has 1 heterocycles. The first-order chi connectivity index (χ1) is 12.6. The predicted molar refractivity (Wildman–Crippen MR) is 109 cm³/mol. The van der Waals surface area contributed by atoms with Gasteiger partial charge in [-0.1, -0.05) is 69.3 Å². The third-order valence-electron chi connectivity index (χ3n) is 5.61. The molecule has 2 aromatic rings. The molecule has 2 heteroatoms. The number of hydrogen-bond donors (Lipinski definition) is 0. The molecular formula is C24H31NO. The zero-order chi connectivity index (χ0) is 18.5. The third kappa shape index (κ3) is 4.42. The molecule has 0 spiro atoms. The Morgan fingerprint density at radius 2 is 1.77 bits per heavy atom. The van der Waals surface area contributed by atoms with Crippen LogP contribution in [0.15, 0.2) is 48.5 Å². The highest BCUT2D eigenvalue weighted by Gasteiger charge is 2.22. The molecule has 0 aromatic heterocycles. The number of ketones is 1. The fourth-order valence-electron chi connectivity index (χ4n) is 3.98. The molecule has 0 unspecified atom stereocenters. The van der Waals surface area contributed by atoms with Gasteiger partial charge in [0.05, 0.1) is 0 Å². The number of nitrogens with zero attached hydrogens (tertiary/aromatic N) is 1. The van der Waals surface area contributed by atoms with E-state index in [0.717, 1.165) is 31.6 Å². The number of likely N-dealkylation sites (tertiary alicyclic amines) is 1. The SMILES string of the molecule is CCc1cc(C2CCN(Cc3ccccc3)CC2)ccc1C(=O)C(C)C. The number of hydrogen-bond acceptors (Lipinski definition) is 2. The van der Waals surface area contributed by atoms with E-state index in [1.54, 1.807) is 0 Å². The zero-order valence-corrected chi connectivity index (χ0v) is 16.4. The normalized spacial score (nSPS) is 16.2. The van der Waals surface area contributed by atoms with Crippen LogP contribution in [-0.2, 0) is 13.0 Å². The Hall–Kier alpha value is -1.93. The summed E-state index contributed by atoms with van der Waals surface area (Å²) in [6.45, 7) is 9.46. The fraction of sp³-hybridized carbons (Fsp3) is 0.458. The number of piperidine rings is 1. The smallest absolute Gasteiger partial charge is 0.165 e. The molecule has 2 aromatic carbocycles. The summed E-state index contributed by atoms with van der Waals surface area (Å²) in [7, 11) is 0. The van der Waals surface area contributed by atoms with Gasteiger partial charge < -0.3 is 0 Å². The summed E-state index contributed by atoms with van der Waals surface area (Å²) < 4.78 is 0. The number of carbonyl (C=O) groups excluding carboxylic acids is 1. The lowest BCUT2D eigenvalue weighted by atomic mass is 9.85. The maximum absolute atomic E-state index is 12.4. The Labute approximate surface area is 158 Å². The molecule has 0 saturated carbocycles. The minimum Gasteiger partial charge on any atom is -0.299 e. The van der Waals surface area contributed by atoms with E-state index in [9.17, 15) is 4.79 Å². The maximum Gasteiger partial charge on any atom is 0.165 e. The largest absolute Gasteiger partial charge is 0.299 e. The molecule has 138 valence electrons. The molecule has 0 atom stereocenters. The van der Waals surface area contributed by atoms with Gasteiger partial charge in [0.15, 0.2) is 5.78 Å². The van der Waals surface area contributed by atoms with Gasteiger partial charge in [-0.3, -0.25) is 9.69 Å². The predicted octanol–water partition coefficient (Wildman–Crippen LogP) is 5.47. The standard InChI is InChI=1S/C24H31NO/c1-4-20-16-22(10-11-23(20)24(26)18(2)3)21-12-14-25(15-13-21)17-19-8-6-5-7-9-19/h5-11,16,18,21H,4,12-15,17H2,1-3H3. The van der Waals surface area contributed by atoms with Crippen molar-refractivity contribution in [1.82, 2.24) is 4.90 Å². The van der Waals surface area contributed by atoms with Crippen molar-refractivity contribution < 1.29 is 4.79 Å². The van der Waals surface area contributed by atoms with Crippen LogP contribution in [0.4, 0.5) is 0 Å². The molecule has 0 amide bonds. The van der Waals surface area contributed by atoms with Gasteiger partial charge in [-0.05, 0) is 55.0 Å². The van der Waals surface area contributed by atoms with Crippen molar-refractivity contribution >= 4 is 5.78 Å². The lowest BCUT2D eigenvalue weighted by Gasteiger charge is -2.32. The van der Waals surface area contributed by atoms with E-state index in [1.165, 1.54) is 29.5 Å². The molecular weight excluding hydrogens is 318 g/mol. The summed E-state index contributed by atoms with van der Waals surface area (Å²) in [4.78, 5) is 15.0. The summed E-state index contributed by atoms with van der Waals surface area (Å²) in [6.07, 6.45) is 3.33. The maximum atomic E-state index is 12.4. The summed E-state index contributed by atoms with van der Waals surface area (Å²) >= 11 is 0. The van der Waals surface area contributed by atoms with Gasteiger partial charge in [0.2, 0.25) is 0 Å². The zero-order valence-electron chi connectivity index (χ0n) is 16.4. The molecule has 3 rings (SSSR count). The minimum atomic E-state index is 0.0624. The molecule has 2 nitrogen and oxygen atoms in total. The summed E-state index contributed by atoms with van der Waals surface area (Å²) in [6, 6.07) is 17.3. The monoisotopic (exact) mass is 349 g/mol. The van der Waals surface area contributed by atoms with Crippen LogP contribution in [0, 0.1) is 5.92 Å². The van der Waals surface area contributed by atoms with Gasteiger partial charge in [0.1, 0.15) is 0 Å². The highest BCUT2D eigenvalue weighted by molar-refractivity contribution is 5.98. The van der Waals surface area contributed by atoms with E-state index in [1.807, 2.05) is 13.8 Å². The average molecular weight is 350 g/mol. The van der Waals surface area contributed by atoms with Gasteiger partial charge in [-0.25, -0.2) is 0 Å². The van der Waals surface area contributed by atoms with Crippen molar-refractivity contribution in [3.8, 4) is 0 Å². The molecule has 1 fully saturated rings. The van der Waals surface area contributed by atoms with E-state index < -0.39 is 0 Å². The molecule has 0 N–H and O–H groups in total. The molecule has 1 aliphatic rings. The number of aryl methyl sites for hydroxylation is 1. The Morgan fingerprint density at radius 1 is 1.08 bits per heavy atom. The Kier molecular flexibility index (Phi) is 6.26. The second-order valence-electron chi connectivity index (χ2n) is 7.83. The van der Waals surface area contributed by atoms with Gasteiger partial charge in [-0.15, -0.1) is 0 Å². The summed E-state index contributed by atoms with van der Waals surface area (Å²) in [5.41, 5.74) is 4.96. The van der Waals surface area contributed by atoms with Crippen LogP contribution >= 0.6 is 0 Å². The summed E-state index contributed by atoms with van der Waals surface area (Å²) in [5.74, 6) is 0.953. The van der Waals surface area contributed by atoms with Crippen molar-refractivity contribution in [2.75, 3.05) is 13.1 Å². The first kappa shape index (κ1) is 18.8. The molecule has 1 aliphatic heterocycles. The first-order valence-electron chi connectivity index (χ1n) is 10.0. The van der Waals surface area contributed by atoms with Crippen LogP contribution in [0.3, 0.4) is 0 Å². The van der Waals surface area contributed by atoms with Crippen molar-refractivity contribution in [3.63, 3.8) is 0 Å². The van der Waals surface area contributed by atoms with E-state index in [2.05, 4.69) is 60.4 Å². The first-order valence-corrected chi connectivity index (χ1v) is 10.0. The van der Waals surface area contributed by atoms with Gasteiger partial charge in [-0.2, -0.15) is 0 Å². The van der Waals surface area contributed by atoms with Crippen LogP contribution < -0.4 is 0 Å². The quantitative estimate of drug-likeness (QED) is 0.645. The van der Waals surface area contributed by atoms with E-state index >= 15 is 0 Å². The molecule has 0 radical (unpaired) electrons. The molecule has 0 aliphatic carbocycles. The van der Waals surface area contributed by atoms with Crippen molar-refractivity contribution in [2.45, 2.75) is 52.5 Å². The average Bonchev–Trinajstić information content (AvgIpc) is 2.68. The number of benzene rings is 2. The van der Waals surface area contributed by atoms with E-state index in [4.69, 9.17) is 0 Å². The van der Waals surface area contributed by atoms with E-state index in [0.29, 0.717) is 5.92 Å². The summed E-state index contributed by atoms with van der Waals surface area (Å²) in [5, 5.41) is 0. The lowest BCUT2D eigenvalue weighted by Crippen LogP contribution is -2.32. The minimum absolute atomic E-state index is 0.0624. The number of carbonyl (C=O) groups is 1. The van der Waals surface area contributed by atoms with Crippen molar-refractivity contribution in [2.24, 2.45) is 5.92 Å². The van der Waals surface area contributed by atoms with Crippen LogP contribution in [0.25, 0.3) is 0 Å². The highest BCUT2D eigenvalue weighted by atomic mass is 16.1. The molecule has 1 saturated heterocycles. The Balaban J connectivity index is 1.65. The second kappa shape index (κ2) is 8.64. The van der Waals surface area contributed by atoms with Crippen LogP contribution in [0.5, 0.6) is 0 Å². The molecule has 26 heavy (non-hydrogen) atoms. The topological polar surface area (TPSA) is 20.3 Å². The third-order valence-corrected chi connectivity index (χ3v) is 5.61. The van der Waals surface area contributed by atoms with E-state index in [-0.39, 0.29) is 11.7 Å². The molecule has 0 bridgehead atoms. The van der Waals surface area contributed by atoms with Gasteiger partial charge >= 0.3 is 0 Å². The second-order valence-corrected chi connectivity index (χ2v) is 7.83. The van der Waals surface area contributed by atoms with Gasteiger partial charge in [0, 0.05) is 18.0 Å². The van der Waals surface area contributed by atoms with Gasteiger partial charge in [0.25, 0.3) is 0 Å². The van der Waals surface area contributed by atoms with Crippen LogP contribution in [-0.4, -0.2) is 23.8 Å². The Morgan fingerprint density at radius 3 is 2.38 bits per heavy atom. The lowest BCUT2D eigenvalue weighted by molar-refractivity contribution is 0.0938. The van der Waals surface area contributed by atoms with Crippen molar-refractivity contribution in [1.29, 1.82) is 0 Å². The fourth-order valence-corrected chi connectivity index (χ4v) is 3.98. The van der Waals surface area contributed by atoms with Crippen LogP contribution in [0.1, 0.15) is 66.6 Å². The number of Topliss-reactive ketones (excluding diaryl/α,β-unsaturated/α-hetero) is 1. The Bertz CT molecular complexity index is 727.